The highest BCUT2D eigenvalue weighted by atomic mass is 32.1. The lowest BCUT2D eigenvalue weighted by molar-refractivity contribution is 0.0949. The molecule has 1 aliphatic rings. The zero-order chi connectivity index (χ0) is 20.4. The van der Waals surface area contributed by atoms with Crippen LogP contribution in [0.2, 0.25) is 0 Å². The molecule has 4 rings (SSSR count). The number of nitrogens with zero attached hydrogens (tertiary/aromatic N) is 1. The summed E-state index contributed by atoms with van der Waals surface area (Å²) in [6.07, 6.45) is 2.78. The number of hydrogen-bond acceptors (Lipinski definition) is 4. The summed E-state index contributed by atoms with van der Waals surface area (Å²) in [6, 6.07) is 15.8. The van der Waals surface area contributed by atoms with Crippen molar-refractivity contribution in [2.45, 2.75) is 39.2 Å². The minimum Gasteiger partial charge on any atom is -0.349 e. The Morgan fingerprint density at radius 2 is 1.83 bits per heavy atom. The summed E-state index contributed by atoms with van der Waals surface area (Å²) in [5, 5.41) is 6.85. The van der Waals surface area contributed by atoms with E-state index in [2.05, 4.69) is 27.8 Å². The zero-order valence-electron chi connectivity index (χ0n) is 16.5. The number of thiazole rings is 1. The molecule has 0 bridgehead atoms. The third-order valence-corrected chi connectivity index (χ3v) is 6.06. The predicted molar refractivity (Wildman–Crippen MR) is 116 cm³/mol. The van der Waals surface area contributed by atoms with Crippen LogP contribution in [0.4, 0.5) is 5.69 Å². The second kappa shape index (κ2) is 8.17. The van der Waals surface area contributed by atoms with E-state index in [0.29, 0.717) is 28.6 Å². The van der Waals surface area contributed by atoms with Crippen LogP contribution in [0, 0.1) is 13.8 Å². The van der Waals surface area contributed by atoms with Crippen LogP contribution in [0.15, 0.2) is 48.5 Å². The fraction of sp³-hybridized carbons (Fsp3) is 0.261. The molecule has 29 heavy (non-hydrogen) atoms. The Morgan fingerprint density at radius 1 is 1.07 bits per heavy atom. The second-order valence-corrected chi connectivity index (χ2v) is 8.50. The molecule has 2 amide bonds. The molecule has 1 heterocycles. The summed E-state index contributed by atoms with van der Waals surface area (Å²) >= 11 is 1.41. The van der Waals surface area contributed by atoms with E-state index in [9.17, 15) is 9.59 Å². The number of anilines is 1. The predicted octanol–water partition coefficient (Wildman–Crippen LogP) is 4.50. The van der Waals surface area contributed by atoms with Gasteiger partial charge in [0, 0.05) is 23.7 Å². The number of nitrogens with one attached hydrogen (secondary N) is 2. The van der Waals surface area contributed by atoms with Gasteiger partial charge in [-0.25, -0.2) is 4.98 Å². The van der Waals surface area contributed by atoms with Gasteiger partial charge in [-0.1, -0.05) is 36.4 Å². The molecule has 148 valence electrons. The van der Waals surface area contributed by atoms with Crippen LogP contribution < -0.4 is 10.6 Å². The Labute approximate surface area is 174 Å². The van der Waals surface area contributed by atoms with Gasteiger partial charge < -0.3 is 10.6 Å². The molecule has 0 radical (unpaired) electrons. The standard InChI is InChI=1S/C23H23N3O2S/c1-14-8-9-17(22(27)25-18-10-11-18)13-19(14)26-23(28)21-15(2)24-20(29-21)12-16-6-4-3-5-7-16/h3-9,13,18H,10-12H2,1-2H3,(H,25,27)(H,26,28). The first-order valence-electron chi connectivity index (χ1n) is 9.72. The first-order valence-corrected chi connectivity index (χ1v) is 10.5. The highest BCUT2D eigenvalue weighted by Gasteiger charge is 2.24. The normalized spacial score (nSPS) is 13.2. The molecule has 1 saturated carbocycles. The Kier molecular flexibility index (Phi) is 5.45. The molecule has 5 nitrogen and oxygen atoms in total. The monoisotopic (exact) mass is 405 g/mol. The van der Waals surface area contributed by atoms with Crippen molar-refractivity contribution in [3.8, 4) is 0 Å². The first kappa shape index (κ1) is 19.3. The van der Waals surface area contributed by atoms with Gasteiger partial charge in [0.25, 0.3) is 11.8 Å². The molecule has 0 atom stereocenters. The maximum atomic E-state index is 12.9. The van der Waals surface area contributed by atoms with Gasteiger partial charge in [-0.2, -0.15) is 0 Å². The number of carbonyl (C=O) groups is 2. The minimum atomic E-state index is -0.192. The lowest BCUT2D eigenvalue weighted by atomic mass is 10.1. The molecule has 0 unspecified atom stereocenters. The average Bonchev–Trinajstić information content (AvgIpc) is 3.44. The van der Waals surface area contributed by atoms with Crippen molar-refractivity contribution in [1.29, 1.82) is 0 Å². The van der Waals surface area contributed by atoms with Crippen molar-refractivity contribution >= 4 is 28.8 Å². The van der Waals surface area contributed by atoms with E-state index < -0.39 is 0 Å². The molecule has 6 heteroatoms. The summed E-state index contributed by atoms with van der Waals surface area (Å²) in [5.74, 6) is -0.288. The number of carbonyl (C=O) groups excluding carboxylic acids is 2. The van der Waals surface area contributed by atoms with Gasteiger partial charge in [-0.15, -0.1) is 11.3 Å². The maximum Gasteiger partial charge on any atom is 0.267 e. The fourth-order valence-corrected chi connectivity index (χ4v) is 4.08. The van der Waals surface area contributed by atoms with Crippen LogP contribution in [0.1, 0.15) is 54.7 Å². The van der Waals surface area contributed by atoms with Gasteiger partial charge in [0.2, 0.25) is 0 Å². The molecule has 0 spiro atoms. The van der Waals surface area contributed by atoms with Crippen molar-refractivity contribution in [2.75, 3.05) is 5.32 Å². The lowest BCUT2D eigenvalue weighted by Gasteiger charge is -2.10. The van der Waals surface area contributed by atoms with E-state index in [1.807, 2.05) is 38.1 Å². The molecule has 2 N–H and O–H groups in total. The number of aromatic nitrogens is 1. The third-order valence-electron chi connectivity index (χ3n) is 4.91. The molecule has 1 fully saturated rings. The van der Waals surface area contributed by atoms with Crippen molar-refractivity contribution in [1.82, 2.24) is 10.3 Å². The molecule has 1 aliphatic carbocycles. The second-order valence-electron chi connectivity index (χ2n) is 7.42. The summed E-state index contributed by atoms with van der Waals surface area (Å²) in [4.78, 5) is 30.4. The van der Waals surface area contributed by atoms with Gasteiger partial charge >= 0.3 is 0 Å². The minimum absolute atomic E-state index is 0.0953. The zero-order valence-corrected chi connectivity index (χ0v) is 17.3. The van der Waals surface area contributed by atoms with Gasteiger partial charge in [-0.3, -0.25) is 9.59 Å². The quantitative estimate of drug-likeness (QED) is 0.634. The molecular weight excluding hydrogens is 382 g/mol. The van der Waals surface area contributed by atoms with Crippen LogP contribution in [0.5, 0.6) is 0 Å². The van der Waals surface area contributed by atoms with Crippen molar-refractivity contribution in [3.63, 3.8) is 0 Å². The molecule has 3 aromatic rings. The van der Waals surface area contributed by atoms with Crippen LogP contribution >= 0.6 is 11.3 Å². The highest BCUT2D eigenvalue weighted by Crippen LogP contribution is 2.25. The SMILES string of the molecule is Cc1ccc(C(=O)NC2CC2)cc1NC(=O)c1sc(Cc2ccccc2)nc1C. The van der Waals surface area contributed by atoms with Crippen LogP contribution in [0.3, 0.4) is 0 Å². The maximum absolute atomic E-state index is 12.9. The molecule has 2 aromatic carbocycles. The Bertz CT molecular complexity index is 1060. The number of benzene rings is 2. The Morgan fingerprint density at radius 3 is 2.55 bits per heavy atom. The van der Waals surface area contributed by atoms with Crippen LogP contribution in [-0.4, -0.2) is 22.8 Å². The smallest absolute Gasteiger partial charge is 0.267 e. The van der Waals surface area contributed by atoms with E-state index in [4.69, 9.17) is 0 Å². The first-order chi connectivity index (χ1) is 14.0. The molecular formula is C23H23N3O2S. The van der Waals surface area contributed by atoms with Crippen molar-refractivity contribution in [3.05, 3.63) is 80.8 Å². The largest absolute Gasteiger partial charge is 0.349 e. The van der Waals surface area contributed by atoms with Gasteiger partial charge in [-0.05, 0) is 49.9 Å². The van der Waals surface area contributed by atoms with Gasteiger partial charge in [0.05, 0.1) is 10.7 Å². The average molecular weight is 406 g/mol. The van der Waals surface area contributed by atoms with Crippen LogP contribution in [0.25, 0.3) is 0 Å². The van der Waals surface area contributed by atoms with Crippen molar-refractivity contribution in [2.24, 2.45) is 0 Å². The molecule has 0 aliphatic heterocycles. The fourth-order valence-electron chi connectivity index (χ4n) is 3.08. The summed E-state index contributed by atoms with van der Waals surface area (Å²) < 4.78 is 0. The number of aryl methyl sites for hydroxylation is 2. The molecule has 0 saturated heterocycles. The van der Waals surface area contributed by atoms with Gasteiger partial charge in [0.15, 0.2) is 0 Å². The lowest BCUT2D eigenvalue weighted by Crippen LogP contribution is -2.25. The number of rotatable bonds is 6. The highest BCUT2D eigenvalue weighted by molar-refractivity contribution is 7.14. The van der Waals surface area contributed by atoms with Crippen LogP contribution in [-0.2, 0) is 6.42 Å². The summed E-state index contributed by atoms with van der Waals surface area (Å²) in [6.45, 7) is 3.77. The van der Waals surface area contributed by atoms with Crippen molar-refractivity contribution < 1.29 is 9.59 Å². The topological polar surface area (TPSA) is 71.1 Å². The summed E-state index contributed by atoms with van der Waals surface area (Å²) in [7, 11) is 0. The van der Waals surface area contributed by atoms with E-state index in [1.54, 1.807) is 12.1 Å². The number of hydrogen-bond donors (Lipinski definition) is 2. The van der Waals surface area contributed by atoms with E-state index >= 15 is 0 Å². The molecule has 1 aromatic heterocycles. The Hall–Kier alpha value is -2.99. The van der Waals surface area contributed by atoms with E-state index in [1.165, 1.54) is 16.9 Å². The Balaban J connectivity index is 1.49. The van der Waals surface area contributed by atoms with E-state index in [-0.39, 0.29) is 11.8 Å². The van der Waals surface area contributed by atoms with E-state index in [0.717, 1.165) is 29.1 Å². The summed E-state index contributed by atoms with van der Waals surface area (Å²) in [5.41, 5.74) is 4.00. The third kappa shape index (κ3) is 4.71. The van der Waals surface area contributed by atoms with Gasteiger partial charge in [0.1, 0.15) is 4.88 Å². The number of amides is 2.